The van der Waals surface area contributed by atoms with Crippen molar-refractivity contribution in [3.8, 4) is 11.1 Å². The molecule has 28 heavy (non-hydrogen) atoms. The van der Waals surface area contributed by atoms with Crippen LogP contribution in [0.3, 0.4) is 0 Å². The number of allylic oxidation sites excluding steroid dienone is 2. The van der Waals surface area contributed by atoms with Crippen molar-refractivity contribution in [2.24, 2.45) is 5.92 Å². The van der Waals surface area contributed by atoms with E-state index in [1.54, 1.807) is 6.92 Å². The molecule has 5 heteroatoms. The van der Waals surface area contributed by atoms with Crippen LogP contribution in [-0.2, 0) is 10.3 Å². The second-order valence-electron chi connectivity index (χ2n) is 7.74. The first-order chi connectivity index (χ1) is 13.5. The lowest BCUT2D eigenvalue weighted by Gasteiger charge is -2.33. The second-order valence-corrected chi connectivity index (χ2v) is 8.65. The minimum absolute atomic E-state index is 0.117. The van der Waals surface area contributed by atoms with Crippen molar-refractivity contribution in [3.63, 3.8) is 0 Å². The molecule has 0 spiro atoms. The fraction of sp³-hybridized carbons (Fsp3) is 0.391. The number of alkyl halides is 1. The van der Waals surface area contributed by atoms with E-state index in [1.165, 1.54) is 22.5 Å². The predicted molar refractivity (Wildman–Crippen MR) is 114 cm³/mol. The molecular weight excluding hydrogens is 371 g/mol. The molecule has 146 valence electrons. The molecular formula is C23H25FN2OS. The van der Waals surface area contributed by atoms with E-state index in [0.29, 0.717) is 0 Å². The third-order valence-electron chi connectivity index (χ3n) is 5.69. The Morgan fingerprint density at radius 3 is 2.64 bits per heavy atom. The van der Waals surface area contributed by atoms with Gasteiger partial charge in [-0.3, -0.25) is 14.6 Å². The normalized spacial score (nSPS) is 18.0. The molecule has 1 aromatic carbocycles. The Bertz CT molecular complexity index is 944. The average molecular weight is 397 g/mol. The van der Waals surface area contributed by atoms with Gasteiger partial charge in [0.05, 0.1) is 12.5 Å². The van der Waals surface area contributed by atoms with Crippen molar-refractivity contribution in [2.75, 3.05) is 6.67 Å². The molecule has 1 heterocycles. The smallest absolute Gasteiger partial charge is 0.166 e. The zero-order chi connectivity index (χ0) is 19.7. The van der Waals surface area contributed by atoms with Crippen molar-refractivity contribution in [1.82, 2.24) is 5.32 Å². The molecule has 1 atom stereocenters. The SMILES string of the molecule is CC(=N)NC(C(=O)CCF)(c1cc(-c2cccc(C3=CCC3)c2)cs1)C1CC1. The molecule has 4 rings (SSSR count). The molecule has 0 amide bonds. The topological polar surface area (TPSA) is 53.0 Å². The maximum absolute atomic E-state index is 13.0. The zero-order valence-electron chi connectivity index (χ0n) is 16.1. The summed E-state index contributed by atoms with van der Waals surface area (Å²) in [5.74, 6) is 0.226. The summed E-state index contributed by atoms with van der Waals surface area (Å²) in [5, 5.41) is 13.2. The molecule has 1 fully saturated rings. The van der Waals surface area contributed by atoms with Gasteiger partial charge < -0.3 is 5.32 Å². The fourth-order valence-corrected chi connectivity index (χ4v) is 5.21. The van der Waals surface area contributed by atoms with Crippen LogP contribution >= 0.6 is 11.3 Å². The molecule has 2 aliphatic carbocycles. The van der Waals surface area contributed by atoms with Crippen LogP contribution in [0.4, 0.5) is 4.39 Å². The van der Waals surface area contributed by atoms with Crippen molar-refractivity contribution in [1.29, 1.82) is 5.41 Å². The third-order valence-corrected chi connectivity index (χ3v) is 6.76. The average Bonchev–Trinajstić information content (AvgIpc) is 3.35. The highest BCUT2D eigenvalue weighted by molar-refractivity contribution is 7.10. The van der Waals surface area contributed by atoms with Gasteiger partial charge in [0.25, 0.3) is 0 Å². The van der Waals surface area contributed by atoms with Crippen molar-refractivity contribution < 1.29 is 9.18 Å². The highest BCUT2D eigenvalue weighted by atomic mass is 32.1. The summed E-state index contributed by atoms with van der Waals surface area (Å²) >= 11 is 1.53. The van der Waals surface area contributed by atoms with Crippen LogP contribution in [0.15, 0.2) is 41.8 Å². The molecule has 1 saturated carbocycles. The third kappa shape index (κ3) is 3.44. The number of halogens is 1. The lowest BCUT2D eigenvalue weighted by atomic mass is 9.84. The van der Waals surface area contributed by atoms with Gasteiger partial charge in [-0.05, 0) is 78.3 Å². The lowest BCUT2D eigenvalue weighted by molar-refractivity contribution is -0.126. The molecule has 3 nitrogen and oxygen atoms in total. The number of hydrogen-bond acceptors (Lipinski definition) is 3. The molecule has 0 aliphatic heterocycles. The standard InChI is InChI=1S/C23H25FN2OS/c1-15(25)26-23(20-8-9-20,21(27)10-11-24)22-13-19(14-28-22)18-7-3-6-17(12-18)16-4-2-5-16/h3-4,6-7,12-14,20H,2,5,8-11H2,1H3,(H2,25,26). The number of rotatable bonds is 8. The Balaban J connectivity index is 1.72. The van der Waals surface area contributed by atoms with Gasteiger partial charge in [-0.1, -0.05) is 24.3 Å². The van der Waals surface area contributed by atoms with Gasteiger partial charge >= 0.3 is 0 Å². The van der Waals surface area contributed by atoms with Gasteiger partial charge in [-0.15, -0.1) is 11.3 Å². The number of Topliss-reactive ketones (excluding diaryl/α,β-unsaturated/α-hetero) is 1. The molecule has 1 aromatic heterocycles. The van der Waals surface area contributed by atoms with Crippen LogP contribution in [0.5, 0.6) is 0 Å². The fourth-order valence-electron chi connectivity index (χ4n) is 4.04. The first-order valence-electron chi connectivity index (χ1n) is 9.86. The maximum Gasteiger partial charge on any atom is 0.166 e. The number of benzene rings is 1. The van der Waals surface area contributed by atoms with Gasteiger partial charge in [0.2, 0.25) is 0 Å². The quantitative estimate of drug-likeness (QED) is 0.443. The highest BCUT2D eigenvalue weighted by Gasteiger charge is 2.52. The summed E-state index contributed by atoms with van der Waals surface area (Å²) < 4.78 is 13.0. The van der Waals surface area contributed by atoms with E-state index in [0.717, 1.165) is 41.7 Å². The first kappa shape index (κ1) is 19.1. The van der Waals surface area contributed by atoms with Crippen LogP contribution in [0.25, 0.3) is 16.7 Å². The molecule has 2 aliphatic rings. The van der Waals surface area contributed by atoms with E-state index < -0.39 is 12.2 Å². The van der Waals surface area contributed by atoms with Gasteiger partial charge in [0, 0.05) is 11.3 Å². The van der Waals surface area contributed by atoms with E-state index in [1.807, 2.05) is 0 Å². The number of ketones is 1. The Labute approximate surface area is 169 Å². The summed E-state index contributed by atoms with van der Waals surface area (Å²) in [4.78, 5) is 13.9. The number of thiophene rings is 1. The first-order valence-corrected chi connectivity index (χ1v) is 10.7. The number of carbonyl (C=O) groups is 1. The van der Waals surface area contributed by atoms with Gasteiger partial charge in [0.15, 0.2) is 5.78 Å². The second kappa shape index (κ2) is 7.63. The van der Waals surface area contributed by atoms with E-state index in [9.17, 15) is 9.18 Å². The number of nitrogens with one attached hydrogen (secondary N) is 2. The predicted octanol–water partition coefficient (Wildman–Crippen LogP) is 5.71. The Kier molecular flexibility index (Phi) is 5.19. The van der Waals surface area contributed by atoms with E-state index in [2.05, 4.69) is 47.1 Å². The summed E-state index contributed by atoms with van der Waals surface area (Å²) in [7, 11) is 0. The Morgan fingerprint density at radius 1 is 1.29 bits per heavy atom. The van der Waals surface area contributed by atoms with E-state index in [-0.39, 0.29) is 24.0 Å². The molecule has 2 N–H and O–H groups in total. The van der Waals surface area contributed by atoms with Crippen molar-refractivity contribution >= 4 is 28.5 Å². The largest absolute Gasteiger partial charge is 0.357 e. The minimum Gasteiger partial charge on any atom is -0.357 e. The molecule has 2 aromatic rings. The van der Waals surface area contributed by atoms with Gasteiger partial charge in [-0.2, -0.15) is 0 Å². The summed E-state index contributed by atoms with van der Waals surface area (Å²) in [5.41, 5.74) is 3.89. The molecule has 0 radical (unpaired) electrons. The Morgan fingerprint density at radius 2 is 2.04 bits per heavy atom. The van der Waals surface area contributed by atoms with Crippen molar-refractivity contribution in [2.45, 2.75) is 44.6 Å². The number of hydrogen-bond donors (Lipinski definition) is 2. The monoisotopic (exact) mass is 396 g/mol. The summed E-state index contributed by atoms with van der Waals surface area (Å²) in [6, 6.07) is 10.6. The summed E-state index contributed by atoms with van der Waals surface area (Å²) in [6.45, 7) is 0.978. The van der Waals surface area contributed by atoms with E-state index in [4.69, 9.17) is 5.41 Å². The van der Waals surface area contributed by atoms with Crippen LogP contribution in [0.2, 0.25) is 0 Å². The Hall–Kier alpha value is -2.27. The van der Waals surface area contributed by atoms with Crippen LogP contribution < -0.4 is 5.32 Å². The van der Waals surface area contributed by atoms with Gasteiger partial charge in [-0.25, -0.2) is 0 Å². The number of amidine groups is 1. The lowest BCUT2D eigenvalue weighted by Crippen LogP contribution is -2.52. The maximum atomic E-state index is 13.0. The van der Waals surface area contributed by atoms with Crippen LogP contribution in [-0.4, -0.2) is 18.3 Å². The summed E-state index contributed by atoms with van der Waals surface area (Å²) in [6.07, 6.45) is 6.28. The van der Waals surface area contributed by atoms with Crippen LogP contribution in [0, 0.1) is 11.3 Å². The molecule has 0 bridgehead atoms. The molecule has 1 unspecified atom stereocenters. The minimum atomic E-state index is -0.963. The van der Waals surface area contributed by atoms with E-state index >= 15 is 0 Å². The van der Waals surface area contributed by atoms with Crippen LogP contribution in [0.1, 0.15) is 49.5 Å². The molecule has 0 saturated heterocycles. The zero-order valence-corrected chi connectivity index (χ0v) is 16.9. The highest BCUT2D eigenvalue weighted by Crippen LogP contribution is 2.49. The van der Waals surface area contributed by atoms with Crippen molar-refractivity contribution in [3.05, 3.63) is 52.2 Å². The van der Waals surface area contributed by atoms with Gasteiger partial charge in [0.1, 0.15) is 5.54 Å². The number of carbonyl (C=O) groups excluding carboxylic acids is 1.